The molecular weight excluding hydrogens is 335 g/mol. The molecule has 4 rings (SSSR count). The van der Waals surface area contributed by atoms with Gasteiger partial charge in [0.25, 0.3) is 0 Å². The molecule has 0 atom stereocenters. The van der Waals surface area contributed by atoms with E-state index in [2.05, 4.69) is 59.2 Å². The molecule has 3 aromatic rings. The van der Waals surface area contributed by atoms with E-state index in [9.17, 15) is 0 Å². The van der Waals surface area contributed by atoms with Gasteiger partial charge in [-0.1, -0.05) is 18.2 Å². The van der Waals surface area contributed by atoms with Crippen molar-refractivity contribution < 1.29 is 28.5 Å². The molecule has 0 amide bonds. The van der Waals surface area contributed by atoms with Gasteiger partial charge in [-0.05, 0) is 17.5 Å². The van der Waals surface area contributed by atoms with Crippen molar-refractivity contribution in [2.45, 2.75) is 0 Å². The summed E-state index contributed by atoms with van der Waals surface area (Å²) in [6, 6.07) is 12.7. The van der Waals surface area contributed by atoms with E-state index in [-0.39, 0.29) is 24.0 Å². The highest BCUT2D eigenvalue weighted by Crippen LogP contribution is 2.43. The van der Waals surface area contributed by atoms with Crippen LogP contribution in [0.3, 0.4) is 0 Å². The molecule has 0 saturated heterocycles. The SMILES string of the molecule is C[n+]1ccc2ccnc3c2c1-c1ccccc1-3.[I-]. The summed E-state index contributed by atoms with van der Waals surface area (Å²) in [6.45, 7) is 0. The molecule has 0 unspecified atom stereocenters. The molecule has 2 nitrogen and oxygen atoms in total. The predicted octanol–water partition coefficient (Wildman–Crippen LogP) is -0.289. The average molecular weight is 346 g/mol. The summed E-state index contributed by atoms with van der Waals surface area (Å²) in [7, 11) is 2.09. The topological polar surface area (TPSA) is 16.8 Å². The Bertz CT molecular complexity index is 766. The number of nitrogens with zero attached hydrogens (tertiary/aromatic N) is 2. The number of fused-ring (bicyclic) bond motifs is 3. The third kappa shape index (κ3) is 1.34. The van der Waals surface area contributed by atoms with Crippen molar-refractivity contribution in [2.75, 3.05) is 0 Å². The second kappa shape index (κ2) is 4.02. The molecule has 0 saturated carbocycles. The van der Waals surface area contributed by atoms with Crippen LogP contribution in [0.25, 0.3) is 33.3 Å². The van der Waals surface area contributed by atoms with Gasteiger partial charge in [-0.2, -0.15) is 0 Å². The highest BCUT2D eigenvalue weighted by Gasteiger charge is 2.28. The Hall–Kier alpha value is -1.49. The van der Waals surface area contributed by atoms with E-state index >= 15 is 0 Å². The summed E-state index contributed by atoms with van der Waals surface area (Å²) in [5.41, 5.74) is 4.93. The maximum absolute atomic E-state index is 4.55. The zero-order valence-corrected chi connectivity index (χ0v) is 12.0. The predicted molar refractivity (Wildman–Crippen MR) is 67.3 cm³/mol. The van der Waals surface area contributed by atoms with E-state index in [0.717, 1.165) is 5.69 Å². The fourth-order valence-electron chi connectivity index (χ4n) is 2.73. The number of hydrogen-bond donors (Lipinski definition) is 0. The first-order chi connectivity index (χ1) is 8.36. The number of aryl methyl sites for hydroxylation is 1. The van der Waals surface area contributed by atoms with Crippen molar-refractivity contribution in [3.63, 3.8) is 0 Å². The molecule has 0 fully saturated rings. The Labute approximate surface area is 122 Å². The second-order valence-electron chi connectivity index (χ2n) is 4.44. The maximum atomic E-state index is 4.55. The van der Waals surface area contributed by atoms with Crippen molar-refractivity contribution >= 4 is 10.8 Å². The fourth-order valence-corrected chi connectivity index (χ4v) is 2.73. The first-order valence-electron chi connectivity index (χ1n) is 5.73. The summed E-state index contributed by atoms with van der Waals surface area (Å²) in [5, 5.41) is 2.54. The van der Waals surface area contributed by atoms with Gasteiger partial charge >= 0.3 is 0 Å². The van der Waals surface area contributed by atoms with Gasteiger partial charge in [-0.3, -0.25) is 4.98 Å². The molecule has 0 N–H and O–H groups in total. The van der Waals surface area contributed by atoms with Crippen LogP contribution in [0.5, 0.6) is 0 Å². The van der Waals surface area contributed by atoms with E-state index in [4.69, 9.17) is 0 Å². The van der Waals surface area contributed by atoms with Crippen LogP contribution in [-0.4, -0.2) is 4.98 Å². The number of aromatic nitrogens is 2. The van der Waals surface area contributed by atoms with E-state index in [1.165, 1.54) is 27.6 Å². The summed E-state index contributed by atoms with van der Waals surface area (Å²) in [6.07, 6.45) is 4.01. The molecule has 88 valence electrons. The molecule has 1 aliphatic rings. The summed E-state index contributed by atoms with van der Waals surface area (Å²) < 4.78 is 2.18. The Morgan fingerprint density at radius 1 is 1.00 bits per heavy atom. The highest BCUT2D eigenvalue weighted by molar-refractivity contribution is 6.11. The van der Waals surface area contributed by atoms with Crippen LogP contribution in [0, 0.1) is 0 Å². The van der Waals surface area contributed by atoms with Gasteiger partial charge in [-0.15, -0.1) is 0 Å². The van der Waals surface area contributed by atoms with Crippen LogP contribution in [0.4, 0.5) is 0 Å². The lowest BCUT2D eigenvalue weighted by Crippen LogP contribution is -3.00. The zero-order valence-electron chi connectivity index (χ0n) is 9.89. The Morgan fingerprint density at radius 2 is 1.78 bits per heavy atom. The van der Waals surface area contributed by atoms with E-state index < -0.39 is 0 Å². The normalized spacial score (nSPS) is 11.2. The van der Waals surface area contributed by atoms with Crippen LogP contribution in [0.1, 0.15) is 0 Å². The monoisotopic (exact) mass is 346 g/mol. The van der Waals surface area contributed by atoms with Gasteiger partial charge in [-0.25, -0.2) is 4.57 Å². The van der Waals surface area contributed by atoms with E-state index in [0.29, 0.717) is 0 Å². The first kappa shape index (κ1) is 11.6. The molecule has 1 aromatic carbocycles. The maximum Gasteiger partial charge on any atom is 0.223 e. The molecule has 2 heterocycles. The third-order valence-electron chi connectivity index (χ3n) is 3.49. The van der Waals surface area contributed by atoms with Crippen LogP contribution in [-0.2, 0) is 7.05 Å². The second-order valence-corrected chi connectivity index (χ2v) is 4.44. The largest absolute Gasteiger partial charge is 1.00 e. The number of benzene rings is 1. The van der Waals surface area contributed by atoms with E-state index in [1.807, 2.05) is 6.20 Å². The van der Waals surface area contributed by atoms with Crippen molar-refractivity contribution in [2.24, 2.45) is 7.05 Å². The molecule has 0 aliphatic heterocycles. The molecular formula is C15H11IN2. The molecule has 0 radical (unpaired) electrons. The lowest BCUT2D eigenvalue weighted by Gasteiger charge is -1.98. The van der Waals surface area contributed by atoms with Gasteiger partial charge in [0.15, 0.2) is 6.20 Å². The standard InChI is InChI=1S/C15H11N2.HI/c1-17-9-7-10-6-8-16-14-11-4-2-3-5-12(11)15(17)13(10)14;/h2-9H,1H3;1H/q+1;/p-1. The average Bonchev–Trinajstić information content (AvgIpc) is 2.71. The van der Waals surface area contributed by atoms with Crippen molar-refractivity contribution in [3.05, 3.63) is 48.8 Å². The van der Waals surface area contributed by atoms with Crippen LogP contribution in [0.15, 0.2) is 48.8 Å². The number of hydrogen-bond acceptors (Lipinski definition) is 1. The highest BCUT2D eigenvalue weighted by atomic mass is 127. The van der Waals surface area contributed by atoms with Gasteiger partial charge in [0.1, 0.15) is 7.05 Å². The van der Waals surface area contributed by atoms with Gasteiger partial charge in [0.05, 0.1) is 16.6 Å². The summed E-state index contributed by atoms with van der Waals surface area (Å²) >= 11 is 0. The Morgan fingerprint density at radius 3 is 2.61 bits per heavy atom. The van der Waals surface area contributed by atoms with Crippen molar-refractivity contribution in [1.82, 2.24) is 4.98 Å². The Balaban J connectivity index is 0.000001000. The molecule has 1 aliphatic carbocycles. The molecule has 0 spiro atoms. The van der Waals surface area contributed by atoms with Crippen LogP contribution >= 0.6 is 0 Å². The number of halogens is 1. The first-order valence-corrected chi connectivity index (χ1v) is 5.73. The summed E-state index contributed by atoms with van der Waals surface area (Å²) in [4.78, 5) is 4.55. The van der Waals surface area contributed by atoms with Gasteiger partial charge in [0.2, 0.25) is 5.69 Å². The quantitative estimate of drug-likeness (QED) is 0.316. The van der Waals surface area contributed by atoms with Crippen LogP contribution < -0.4 is 28.5 Å². The lowest BCUT2D eigenvalue weighted by atomic mass is 10.1. The lowest BCUT2D eigenvalue weighted by molar-refractivity contribution is -0.659. The summed E-state index contributed by atoms with van der Waals surface area (Å²) in [5.74, 6) is 0. The van der Waals surface area contributed by atoms with Crippen LogP contribution in [0.2, 0.25) is 0 Å². The van der Waals surface area contributed by atoms with Crippen molar-refractivity contribution in [3.8, 4) is 22.5 Å². The fraction of sp³-hybridized carbons (Fsp3) is 0.0667. The minimum Gasteiger partial charge on any atom is -1.00 e. The van der Waals surface area contributed by atoms with E-state index in [1.54, 1.807) is 0 Å². The third-order valence-corrected chi connectivity index (χ3v) is 3.49. The van der Waals surface area contributed by atoms with Crippen molar-refractivity contribution in [1.29, 1.82) is 0 Å². The molecule has 3 heteroatoms. The number of rotatable bonds is 0. The van der Waals surface area contributed by atoms with Gasteiger partial charge < -0.3 is 24.0 Å². The van der Waals surface area contributed by atoms with Gasteiger partial charge in [0, 0.05) is 17.8 Å². The molecule has 0 bridgehead atoms. The zero-order chi connectivity index (χ0) is 11.4. The number of pyridine rings is 2. The molecule has 18 heavy (non-hydrogen) atoms. The minimum atomic E-state index is 0. The molecule has 2 aromatic heterocycles. The Kier molecular flexibility index (Phi) is 2.59. The minimum absolute atomic E-state index is 0. The smallest absolute Gasteiger partial charge is 0.223 e.